The monoisotopic (exact) mass is 248 g/mol. The van der Waals surface area contributed by atoms with Gasteiger partial charge < -0.3 is 10.6 Å². The molecule has 0 atom stereocenters. The van der Waals surface area contributed by atoms with Gasteiger partial charge >= 0.3 is 0 Å². The van der Waals surface area contributed by atoms with Crippen LogP contribution in [0.3, 0.4) is 0 Å². The molecule has 0 bridgehead atoms. The molecule has 0 aromatic carbocycles. The summed E-state index contributed by atoms with van der Waals surface area (Å²) < 4.78 is 0. The summed E-state index contributed by atoms with van der Waals surface area (Å²) in [4.78, 5) is 22.1. The number of nitrogens with two attached hydrogens (primary N) is 1. The second-order valence-electron chi connectivity index (χ2n) is 5.64. The van der Waals surface area contributed by atoms with Gasteiger partial charge in [0.1, 0.15) is 11.5 Å². The van der Waals surface area contributed by atoms with Gasteiger partial charge in [-0.25, -0.2) is 4.98 Å². The molecule has 1 saturated heterocycles. The molecule has 1 aromatic heterocycles. The van der Waals surface area contributed by atoms with Crippen LogP contribution in [-0.2, 0) is 0 Å². The molecule has 0 unspecified atom stereocenters. The van der Waals surface area contributed by atoms with Crippen LogP contribution in [0, 0.1) is 5.41 Å². The first-order valence-corrected chi connectivity index (χ1v) is 6.35. The maximum Gasteiger partial charge on any atom is 0.274 e. The highest BCUT2D eigenvalue weighted by Crippen LogP contribution is 2.30. The van der Waals surface area contributed by atoms with Crippen LogP contribution < -0.4 is 5.73 Å². The van der Waals surface area contributed by atoms with E-state index < -0.39 is 0 Å². The Hall–Kier alpha value is -1.65. The van der Waals surface area contributed by atoms with E-state index in [4.69, 9.17) is 5.73 Å². The predicted octanol–water partition coefficient (Wildman–Crippen LogP) is 1.71. The van der Waals surface area contributed by atoms with E-state index in [0.29, 0.717) is 11.1 Å². The Morgan fingerprint density at radius 3 is 2.83 bits per heavy atom. The number of anilines is 1. The zero-order valence-electron chi connectivity index (χ0n) is 11.0. The van der Waals surface area contributed by atoms with Crippen molar-refractivity contribution in [2.45, 2.75) is 33.1 Å². The molecule has 0 radical (unpaired) electrons. The fourth-order valence-corrected chi connectivity index (χ4v) is 2.27. The number of carbonyl (C=O) groups is 1. The molecule has 2 N–H and O–H groups in total. The van der Waals surface area contributed by atoms with E-state index in [1.165, 1.54) is 12.4 Å². The molecule has 98 valence electrons. The summed E-state index contributed by atoms with van der Waals surface area (Å²) in [7, 11) is 0. The maximum atomic E-state index is 12.3. The molecular formula is C13H20N4O. The summed E-state index contributed by atoms with van der Waals surface area (Å²) in [6.07, 6.45) is 6.14. The molecule has 18 heavy (non-hydrogen) atoms. The van der Waals surface area contributed by atoms with Crippen LogP contribution in [0.2, 0.25) is 0 Å². The van der Waals surface area contributed by atoms with Gasteiger partial charge in [0.2, 0.25) is 0 Å². The smallest absolute Gasteiger partial charge is 0.274 e. The molecule has 1 aromatic rings. The third kappa shape index (κ3) is 2.97. The molecule has 2 heterocycles. The average Bonchev–Trinajstić information content (AvgIpc) is 2.49. The average molecular weight is 248 g/mol. The minimum atomic E-state index is -0.0625. The standard InChI is InChI=1S/C13H20N4O/c1-13(2)4-3-6-17(7-5-13)12(18)10-8-15-9-11(14)16-10/h8-9H,3-7H2,1-2H3,(H2,14,16). The molecule has 1 amide bonds. The van der Waals surface area contributed by atoms with Crippen LogP contribution in [-0.4, -0.2) is 33.9 Å². The highest BCUT2D eigenvalue weighted by atomic mass is 16.2. The number of aromatic nitrogens is 2. The molecule has 0 spiro atoms. The molecule has 0 aliphatic carbocycles. The summed E-state index contributed by atoms with van der Waals surface area (Å²) in [6.45, 7) is 6.07. The molecule has 2 rings (SSSR count). The second-order valence-corrected chi connectivity index (χ2v) is 5.64. The van der Waals surface area contributed by atoms with Crippen molar-refractivity contribution in [3.8, 4) is 0 Å². The van der Waals surface area contributed by atoms with Gasteiger partial charge in [0.05, 0.1) is 12.4 Å². The van der Waals surface area contributed by atoms with Gasteiger partial charge in [-0.15, -0.1) is 0 Å². The van der Waals surface area contributed by atoms with Gasteiger partial charge in [0, 0.05) is 13.1 Å². The van der Waals surface area contributed by atoms with Crippen LogP contribution in [0.25, 0.3) is 0 Å². The van der Waals surface area contributed by atoms with Gasteiger partial charge in [0.25, 0.3) is 5.91 Å². The number of carbonyl (C=O) groups excluding carboxylic acids is 1. The number of likely N-dealkylation sites (tertiary alicyclic amines) is 1. The van der Waals surface area contributed by atoms with Gasteiger partial charge in [-0.2, -0.15) is 0 Å². The van der Waals surface area contributed by atoms with E-state index in [0.717, 1.165) is 32.4 Å². The zero-order valence-corrected chi connectivity index (χ0v) is 11.0. The summed E-state index contributed by atoms with van der Waals surface area (Å²) in [5.41, 5.74) is 6.21. The van der Waals surface area contributed by atoms with E-state index in [-0.39, 0.29) is 11.7 Å². The van der Waals surface area contributed by atoms with E-state index in [2.05, 4.69) is 23.8 Å². The van der Waals surface area contributed by atoms with Crippen LogP contribution >= 0.6 is 0 Å². The second kappa shape index (κ2) is 4.92. The molecule has 1 fully saturated rings. The minimum absolute atomic E-state index is 0.0625. The third-order valence-electron chi connectivity index (χ3n) is 3.50. The third-order valence-corrected chi connectivity index (χ3v) is 3.50. The van der Waals surface area contributed by atoms with Gasteiger partial charge in [-0.05, 0) is 24.7 Å². The summed E-state index contributed by atoms with van der Waals surface area (Å²) in [6, 6.07) is 0. The van der Waals surface area contributed by atoms with E-state index in [9.17, 15) is 4.79 Å². The fourth-order valence-electron chi connectivity index (χ4n) is 2.27. The first kappa shape index (κ1) is 12.8. The Balaban J connectivity index is 2.10. The van der Waals surface area contributed by atoms with Crippen molar-refractivity contribution >= 4 is 11.7 Å². The molecule has 1 aliphatic heterocycles. The van der Waals surface area contributed by atoms with Crippen molar-refractivity contribution in [2.75, 3.05) is 18.8 Å². The van der Waals surface area contributed by atoms with Gasteiger partial charge in [-0.3, -0.25) is 9.78 Å². The van der Waals surface area contributed by atoms with E-state index in [1.54, 1.807) is 0 Å². The Labute approximate surface area is 107 Å². The lowest BCUT2D eigenvalue weighted by molar-refractivity contribution is 0.0751. The number of nitrogen functional groups attached to an aromatic ring is 1. The Kier molecular flexibility index (Phi) is 3.50. The fraction of sp³-hybridized carbons (Fsp3) is 0.615. The first-order chi connectivity index (χ1) is 8.48. The number of amides is 1. The summed E-state index contributed by atoms with van der Waals surface area (Å²) in [5.74, 6) is 0.225. The van der Waals surface area contributed by atoms with Crippen LogP contribution in [0.15, 0.2) is 12.4 Å². The highest BCUT2D eigenvalue weighted by Gasteiger charge is 2.26. The van der Waals surface area contributed by atoms with E-state index in [1.807, 2.05) is 4.90 Å². The molecular weight excluding hydrogens is 228 g/mol. The zero-order chi connectivity index (χ0) is 13.2. The number of rotatable bonds is 1. The molecule has 5 nitrogen and oxygen atoms in total. The van der Waals surface area contributed by atoms with Crippen molar-refractivity contribution < 1.29 is 4.79 Å². The van der Waals surface area contributed by atoms with Crippen molar-refractivity contribution in [3.05, 3.63) is 18.1 Å². The minimum Gasteiger partial charge on any atom is -0.382 e. The normalized spacial score (nSPS) is 19.3. The highest BCUT2D eigenvalue weighted by molar-refractivity contribution is 5.92. The first-order valence-electron chi connectivity index (χ1n) is 6.35. The van der Waals surface area contributed by atoms with Crippen molar-refractivity contribution in [1.29, 1.82) is 0 Å². The topological polar surface area (TPSA) is 72.1 Å². The maximum absolute atomic E-state index is 12.3. The number of hydrogen-bond acceptors (Lipinski definition) is 4. The number of hydrogen-bond donors (Lipinski definition) is 1. The molecule has 0 saturated carbocycles. The Morgan fingerprint density at radius 2 is 2.11 bits per heavy atom. The Morgan fingerprint density at radius 1 is 1.33 bits per heavy atom. The lowest BCUT2D eigenvalue weighted by Crippen LogP contribution is -2.33. The number of nitrogens with zero attached hydrogens (tertiary/aromatic N) is 3. The van der Waals surface area contributed by atoms with Crippen LogP contribution in [0.1, 0.15) is 43.6 Å². The van der Waals surface area contributed by atoms with Gasteiger partial charge in [0.15, 0.2) is 0 Å². The Bertz CT molecular complexity index is 444. The SMILES string of the molecule is CC1(C)CCCN(C(=O)c2cncc(N)n2)CC1. The lowest BCUT2D eigenvalue weighted by atomic mass is 9.85. The molecule has 1 aliphatic rings. The van der Waals surface area contributed by atoms with Crippen LogP contribution in [0.4, 0.5) is 5.82 Å². The van der Waals surface area contributed by atoms with Gasteiger partial charge in [-0.1, -0.05) is 13.8 Å². The summed E-state index contributed by atoms with van der Waals surface area (Å²) in [5, 5.41) is 0. The van der Waals surface area contributed by atoms with Crippen molar-refractivity contribution in [2.24, 2.45) is 5.41 Å². The largest absolute Gasteiger partial charge is 0.382 e. The molecule has 5 heteroatoms. The predicted molar refractivity (Wildman–Crippen MR) is 70.0 cm³/mol. The summed E-state index contributed by atoms with van der Waals surface area (Å²) >= 11 is 0. The quantitative estimate of drug-likeness (QED) is 0.821. The lowest BCUT2D eigenvalue weighted by Gasteiger charge is -2.23. The van der Waals surface area contributed by atoms with Crippen molar-refractivity contribution in [3.63, 3.8) is 0 Å². The van der Waals surface area contributed by atoms with Crippen LogP contribution in [0.5, 0.6) is 0 Å². The van der Waals surface area contributed by atoms with E-state index >= 15 is 0 Å². The van der Waals surface area contributed by atoms with Crippen molar-refractivity contribution in [1.82, 2.24) is 14.9 Å².